The molecule has 1 N–H and O–H groups in total. The maximum absolute atomic E-state index is 12.2. The second kappa shape index (κ2) is 10.2. The zero-order valence-corrected chi connectivity index (χ0v) is 17.1. The molecule has 0 heterocycles. The molecule has 144 valence electrons. The van der Waals surface area contributed by atoms with E-state index in [2.05, 4.69) is 33.0 Å². The number of carbonyl (C=O) groups excluding carboxylic acids is 2. The van der Waals surface area contributed by atoms with Gasteiger partial charge in [-0.15, -0.1) is 0 Å². The molecule has 0 spiro atoms. The average molecular weight is 386 g/mol. The number of aryl methyl sites for hydroxylation is 1. The minimum absolute atomic E-state index is 0.211. The van der Waals surface area contributed by atoms with E-state index in [1.54, 1.807) is 0 Å². The third kappa shape index (κ3) is 6.43. The molecule has 2 rings (SSSR count). The molecule has 5 heteroatoms. The molecule has 0 saturated heterocycles. The monoisotopic (exact) mass is 385 g/mol. The summed E-state index contributed by atoms with van der Waals surface area (Å²) in [7, 11) is 0. The van der Waals surface area contributed by atoms with E-state index in [4.69, 9.17) is 4.74 Å². The van der Waals surface area contributed by atoms with Crippen molar-refractivity contribution in [1.82, 2.24) is 5.32 Å². The maximum atomic E-state index is 12.2. The molecule has 2 aromatic rings. The predicted molar refractivity (Wildman–Crippen MR) is 112 cm³/mol. The average Bonchev–Trinajstić information content (AvgIpc) is 2.62. The van der Waals surface area contributed by atoms with Crippen LogP contribution in [0.5, 0.6) is 5.75 Å². The van der Waals surface area contributed by atoms with E-state index < -0.39 is 11.3 Å². The van der Waals surface area contributed by atoms with Crippen LogP contribution in [0.3, 0.4) is 0 Å². The number of hydrogen-bond donors (Lipinski definition) is 1. The number of nitrogens with one attached hydrogen (secondary N) is 1. The molecule has 27 heavy (non-hydrogen) atoms. The number of thioether (sulfide) groups is 1. The van der Waals surface area contributed by atoms with Crippen molar-refractivity contribution in [3.63, 3.8) is 0 Å². The van der Waals surface area contributed by atoms with Gasteiger partial charge in [0.25, 0.3) is 5.24 Å². The summed E-state index contributed by atoms with van der Waals surface area (Å²) in [5.74, 6) is 1.58. The van der Waals surface area contributed by atoms with Crippen molar-refractivity contribution in [3.8, 4) is 5.75 Å². The highest BCUT2D eigenvalue weighted by Gasteiger charge is 2.19. The molecular formula is C22H27NO3S. The van der Waals surface area contributed by atoms with E-state index in [1.165, 1.54) is 0 Å². The van der Waals surface area contributed by atoms with Crippen molar-refractivity contribution in [3.05, 3.63) is 65.2 Å². The lowest BCUT2D eigenvalue weighted by Crippen LogP contribution is -2.31. The Kier molecular flexibility index (Phi) is 7.92. The van der Waals surface area contributed by atoms with E-state index in [1.807, 2.05) is 48.5 Å². The zero-order valence-electron chi connectivity index (χ0n) is 16.3. The van der Waals surface area contributed by atoms with Crippen LogP contribution in [-0.4, -0.2) is 17.1 Å². The highest BCUT2D eigenvalue weighted by Crippen LogP contribution is 2.34. The number of rotatable bonds is 6. The maximum Gasteiger partial charge on any atom is 0.420 e. The van der Waals surface area contributed by atoms with Crippen molar-refractivity contribution in [1.29, 1.82) is 0 Å². The molecule has 0 saturated carbocycles. The van der Waals surface area contributed by atoms with Crippen molar-refractivity contribution >= 4 is 23.1 Å². The van der Waals surface area contributed by atoms with E-state index >= 15 is 0 Å². The van der Waals surface area contributed by atoms with E-state index in [9.17, 15) is 9.59 Å². The topological polar surface area (TPSA) is 55.4 Å². The minimum atomic E-state index is -0.734. The molecule has 0 fully saturated rings. The SMILES string of the molecule is CC(C)c1cccc(C(C)C)c1OC(=O)NC(=O)SCCc1ccccc1. The van der Waals surface area contributed by atoms with Gasteiger partial charge in [-0.3, -0.25) is 10.1 Å². The van der Waals surface area contributed by atoms with Crippen LogP contribution in [0.4, 0.5) is 9.59 Å². The predicted octanol–water partition coefficient (Wildman–Crippen LogP) is 6.12. The first-order valence-electron chi connectivity index (χ1n) is 9.20. The smallest absolute Gasteiger partial charge is 0.409 e. The highest BCUT2D eigenvalue weighted by molar-refractivity contribution is 8.13. The number of para-hydroxylation sites is 1. The molecule has 0 bridgehead atoms. The molecule has 0 aliphatic heterocycles. The summed E-state index contributed by atoms with van der Waals surface area (Å²) < 4.78 is 5.55. The van der Waals surface area contributed by atoms with Crippen LogP contribution >= 0.6 is 11.8 Å². The Balaban J connectivity index is 1.94. The fourth-order valence-corrected chi connectivity index (χ4v) is 3.42. The molecule has 2 amide bonds. The van der Waals surface area contributed by atoms with E-state index in [0.717, 1.165) is 34.9 Å². The first kappa shape index (κ1) is 21.0. The van der Waals surface area contributed by atoms with Gasteiger partial charge in [0.1, 0.15) is 5.75 Å². The number of hydrogen-bond acceptors (Lipinski definition) is 4. The lowest BCUT2D eigenvalue weighted by molar-refractivity contribution is 0.200. The van der Waals surface area contributed by atoms with Gasteiger partial charge in [-0.25, -0.2) is 4.79 Å². The number of ether oxygens (including phenoxy) is 1. The van der Waals surface area contributed by atoms with Crippen LogP contribution in [0.25, 0.3) is 0 Å². The molecule has 4 nitrogen and oxygen atoms in total. The van der Waals surface area contributed by atoms with Gasteiger partial charge in [0.15, 0.2) is 0 Å². The second-order valence-corrected chi connectivity index (χ2v) is 8.03. The molecule has 2 aromatic carbocycles. The van der Waals surface area contributed by atoms with Crippen molar-refractivity contribution in [2.75, 3.05) is 5.75 Å². The van der Waals surface area contributed by atoms with Gasteiger partial charge in [-0.2, -0.15) is 0 Å². The third-order valence-corrected chi connectivity index (χ3v) is 4.96. The summed E-state index contributed by atoms with van der Waals surface area (Å²) in [6, 6.07) is 15.8. The Labute approximate surface area is 165 Å². The van der Waals surface area contributed by atoms with Crippen molar-refractivity contribution < 1.29 is 14.3 Å². The largest absolute Gasteiger partial charge is 0.420 e. The first-order chi connectivity index (χ1) is 12.9. The number of amides is 2. The summed E-state index contributed by atoms with van der Waals surface area (Å²) in [4.78, 5) is 24.3. The second-order valence-electron chi connectivity index (χ2n) is 6.96. The normalized spacial score (nSPS) is 10.9. The van der Waals surface area contributed by atoms with Crippen molar-refractivity contribution in [2.24, 2.45) is 0 Å². The first-order valence-corrected chi connectivity index (χ1v) is 10.2. The fraction of sp³-hybridized carbons (Fsp3) is 0.364. The van der Waals surface area contributed by atoms with Gasteiger partial charge >= 0.3 is 6.09 Å². The fourth-order valence-electron chi connectivity index (χ4n) is 2.74. The van der Waals surface area contributed by atoms with Crippen LogP contribution in [0.1, 0.15) is 56.2 Å². The van der Waals surface area contributed by atoms with Crippen LogP contribution in [-0.2, 0) is 6.42 Å². The summed E-state index contributed by atoms with van der Waals surface area (Å²) in [5.41, 5.74) is 3.08. The zero-order chi connectivity index (χ0) is 19.8. The van der Waals surface area contributed by atoms with Crippen LogP contribution in [0, 0.1) is 0 Å². The number of carbonyl (C=O) groups is 2. The summed E-state index contributed by atoms with van der Waals surface area (Å²) in [5, 5.41) is 1.91. The summed E-state index contributed by atoms with van der Waals surface area (Å²) in [6.45, 7) is 8.20. The third-order valence-electron chi connectivity index (χ3n) is 4.19. The van der Waals surface area contributed by atoms with Gasteiger partial charge < -0.3 is 4.74 Å². The molecule has 0 radical (unpaired) electrons. The Hall–Kier alpha value is -2.27. The molecule has 0 unspecified atom stereocenters. The molecular weight excluding hydrogens is 358 g/mol. The summed E-state index contributed by atoms with van der Waals surface area (Å²) >= 11 is 1.08. The van der Waals surface area contributed by atoms with E-state index in [-0.39, 0.29) is 11.8 Å². The van der Waals surface area contributed by atoms with Gasteiger partial charge in [-0.05, 0) is 34.9 Å². The lowest BCUT2D eigenvalue weighted by Gasteiger charge is -2.18. The quantitative estimate of drug-likeness (QED) is 0.651. The molecule has 0 aliphatic rings. The van der Waals surface area contributed by atoms with Crippen LogP contribution in [0.15, 0.2) is 48.5 Å². The Morgan fingerprint density at radius 2 is 1.52 bits per heavy atom. The van der Waals surface area contributed by atoms with Gasteiger partial charge in [0, 0.05) is 5.75 Å². The van der Waals surface area contributed by atoms with Gasteiger partial charge in [-0.1, -0.05) is 88.0 Å². The van der Waals surface area contributed by atoms with E-state index in [0.29, 0.717) is 11.5 Å². The highest BCUT2D eigenvalue weighted by atomic mass is 32.2. The van der Waals surface area contributed by atoms with Gasteiger partial charge in [0.05, 0.1) is 0 Å². The Bertz CT molecular complexity index is 746. The Morgan fingerprint density at radius 1 is 0.926 bits per heavy atom. The Morgan fingerprint density at radius 3 is 2.07 bits per heavy atom. The van der Waals surface area contributed by atoms with Gasteiger partial charge in [0.2, 0.25) is 0 Å². The lowest BCUT2D eigenvalue weighted by atomic mass is 9.94. The molecule has 0 atom stereocenters. The molecule has 0 aliphatic carbocycles. The summed E-state index contributed by atoms with van der Waals surface area (Å²) in [6.07, 6.45) is 0.0315. The number of benzene rings is 2. The number of imide groups is 1. The van der Waals surface area contributed by atoms with Crippen LogP contribution in [0.2, 0.25) is 0 Å². The van der Waals surface area contributed by atoms with Crippen LogP contribution < -0.4 is 10.1 Å². The van der Waals surface area contributed by atoms with Crippen molar-refractivity contribution in [2.45, 2.75) is 46.0 Å². The minimum Gasteiger partial charge on any atom is -0.409 e. The molecule has 0 aromatic heterocycles. The standard InChI is InChI=1S/C22H27NO3S/c1-15(2)18-11-8-12-19(16(3)4)20(18)26-21(24)23-22(25)27-14-13-17-9-6-5-7-10-17/h5-12,15-16H,13-14H2,1-4H3,(H,23,24,25).